The van der Waals surface area contributed by atoms with Crippen molar-refractivity contribution in [1.29, 1.82) is 0 Å². The lowest BCUT2D eigenvalue weighted by molar-refractivity contribution is 0.0946. The molecule has 0 fully saturated rings. The van der Waals surface area contributed by atoms with E-state index in [1.807, 2.05) is 48.5 Å². The largest absolute Gasteiger partial charge is 0.344 e. The van der Waals surface area contributed by atoms with Crippen LogP contribution in [0.2, 0.25) is 0 Å². The summed E-state index contributed by atoms with van der Waals surface area (Å²) in [5.41, 5.74) is 2.65. The van der Waals surface area contributed by atoms with Crippen LogP contribution in [0.15, 0.2) is 66.0 Å². The number of carbonyl (C=O) groups is 1. The lowest BCUT2D eigenvalue weighted by Gasteiger charge is -1.99. The maximum Gasteiger partial charge on any atom is 0.271 e. The molecule has 2 aromatic heterocycles. The highest BCUT2D eigenvalue weighted by Gasteiger charge is 2.13. The molecular formula is C20H16N4OS2. The highest BCUT2D eigenvalue weighted by atomic mass is 32.1. The normalized spacial score (nSPS) is 10.7. The number of thiazole rings is 1. The highest BCUT2D eigenvalue weighted by molar-refractivity contribution is 7.14. The van der Waals surface area contributed by atoms with Crippen molar-refractivity contribution in [3.63, 3.8) is 0 Å². The van der Waals surface area contributed by atoms with E-state index < -0.39 is 0 Å². The van der Waals surface area contributed by atoms with Gasteiger partial charge in [0.25, 0.3) is 5.91 Å². The molecule has 0 spiro atoms. The second-order valence-corrected chi connectivity index (χ2v) is 7.84. The van der Waals surface area contributed by atoms with E-state index in [0.29, 0.717) is 12.2 Å². The van der Waals surface area contributed by atoms with Crippen molar-refractivity contribution in [1.82, 2.24) is 20.5 Å². The van der Waals surface area contributed by atoms with Crippen LogP contribution >= 0.6 is 22.7 Å². The average molecular weight is 393 g/mol. The Hall–Kier alpha value is -2.90. The molecular weight excluding hydrogens is 376 g/mol. The first-order valence-corrected chi connectivity index (χ1v) is 10.1. The minimum absolute atomic E-state index is 0.193. The average Bonchev–Trinajstić information content (AvgIpc) is 3.37. The van der Waals surface area contributed by atoms with E-state index in [2.05, 4.69) is 32.6 Å². The summed E-state index contributed by atoms with van der Waals surface area (Å²) >= 11 is 2.97. The van der Waals surface area contributed by atoms with Crippen LogP contribution in [0.25, 0.3) is 10.6 Å². The lowest BCUT2D eigenvalue weighted by Crippen LogP contribution is -2.23. The van der Waals surface area contributed by atoms with Gasteiger partial charge in [0.15, 0.2) is 0 Å². The number of carbonyl (C=O) groups excluding carboxylic acids is 1. The van der Waals surface area contributed by atoms with Gasteiger partial charge in [0.1, 0.15) is 15.7 Å². The highest BCUT2D eigenvalue weighted by Crippen LogP contribution is 2.23. The molecule has 0 saturated heterocycles. The molecule has 0 atom stereocenters. The first kappa shape index (κ1) is 17.5. The Balaban J connectivity index is 1.35. The summed E-state index contributed by atoms with van der Waals surface area (Å²) in [4.78, 5) is 16.8. The standard InChI is InChI=1S/C20H16N4OS2/c25-19(16-13-26-17(22-16)11-14-7-3-1-4-8-14)21-12-18-23-24-20(27-18)15-9-5-2-6-10-15/h1-10,13H,11-12H2,(H,21,25). The third-order valence-corrected chi connectivity index (χ3v) is 5.69. The Labute approximate surface area is 164 Å². The van der Waals surface area contributed by atoms with Gasteiger partial charge in [-0.1, -0.05) is 72.0 Å². The van der Waals surface area contributed by atoms with Crippen LogP contribution in [0.3, 0.4) is 0 Å². The predicted octanol–water partition coefficient (Wildman–Crippen LogP) is 4.18. The van der Waals surface area contributed by atoms with Crippen molar-refractivity contribution in [2.45, 2.75) is 13.0 Å². The lowest BCUT2D eigenvalue weighted by atomic mass is 10.2. The van der Waals surface area contributed by atoms with Crippen molar-refractivity contribution < 1.29 is 4.79 Å². The summed E-state index contributed by atoms with van der Waals surface area (Å²) in [5, 5.41) is 15.5. The van der Waals surface area contributed by atoms with E-state index in [-0.39, 0.29) is 5.91 Å². The predicted molar refractivity (Wildman–Crippen MR) is 108 cm³/mol. The van der Waals surface area contributed by atoms with Crippen molar-refractivity contribution in [2.75, 3.05) is 0 Å². The zero-order chi connectivity index (χ0) is 18.5. The monoisotopic (exact) mass is 392 g/mol. The Bertz CT molecular complexity index is 1030. The summed E-state index contributed by atoms with van der Waals surface area (Å²) in [6.07, 6.45) is 0.732. The zero-order valence-electron chi connectivity index (χ0n) is 14.3. The second kappa shape index (κ2) is 8.20. The quantitative estimate of drug-likeness (QED) is 0.534. The smallest absolute Gasteiger partial charge is 0.271 e. The number of rotatable bonds is 6. The number of amides is 1. The van der Waals surface area contributed by atoms with Gasteiger partial charge < -0.3 is 5.32 Å². The fraction of sp³-hybridized carbons (Fsp3) is 0.100. The van der Waals surface area contributed by atoms with Crippen LogP contribution in [0, 0.1) is 0 Å². The molecule has 0 aliphatic carbocycles. The topological polar surface area (TPSA) is 67.8 Å². The Morgan fingerprint density at radius 1 is 0.926 bits per heavy atom. The minimum atomic E-state index is -0.193. The SMILES string of the molecule is O=C(NCc1nnc(-c2ccccc2)s1)c1csc(Cc2ccccc2)n1. The van der Waals surface area contributed by atoms with Crippen LogP contribution in [-0.2, 0) is 13.0 Å². The van der Waals surface area contributed by atoms with Crippen LogP contribution in [0.1, 0.15) is 26.1 Å². The van der Waals surface area contributed by atoms with E-state index in [4.69, 9.17) is 0 Å². The Kier molecular flexibility index (Phi) is 5.32. The molecule has 1 N–H and O–H groups in total. The maximum atomic E-state index is 12.4. The first-order chi connectivity index (χ1) is 13.3. The minimum Gasteiger partial charge on any atom is -0.344 e. The van der Waals surface area contributed by atoms with Crippen molar-refractivity contribution in [2.24, 2.45) is 0 Å². The molecule has 0 aliphatic rings. The molecule has 0 bridgehead atoms. The summed E-state index contributed by atoms with van der Waals surface area (Å²) < 4.78 is 0. The molecule has 134 valence electrons. The number of hydrogen-bond donors (Lipinski definition) is 1. The molecule has 1 amide bonds. The van der Waals surface area contributed by atoms with Gasteiger partial charge >= 0.3 is 0 Å². The van der Waals surface area contributed by atoms with Gasteiger partial charge in [-0.05, 0) is 5.56 Å². The molecule has 0 unspecified atom stereocenters. The van der Waals surface area contributed by atoms with Gasteiger partial charge in [-0.15, -0.1) is 21.5 Å². The second-order valence-electron chi connectivity index (χ2n) is 5.84. The fourth-order valence-electron chi connectivity index (χ4n) is 2.54. The Morgan fingerprint density at radius 3 is 2.44 bits per heavy atom. The molecule has 7 heteroatoms. The van der Waals surface area contributed by atoms with Gasteiger partial charge in [-0.25, -0.2) is 4.98 Å². The number of hydrogen-bond acceptors (Lipinski definition) is 6. The first-order valence-electron chi connectivity index (χ1n) is 8.42. The third-order valence-electron chi connectivity index (χ3n) is 3.87. The summed E-state index contributed by atoms with van der Waals surface area (Å²) in [6, 6.07) is 20.0. The molecule has 4 rings (SSSR count). The van der Waals surface area contributed by atoms with Crippen LogP contribution in [0.5, 0.6) is 0 Å². The summed E-state index contributed by atoms with van der Waals surface area (Å²) in [5.74, 6) is -0.193. The fourth-order valence-corrected chi connectivity index (χ4v) is 4.13. The van der Waals surface area contributed by atoms with Crippen molar-refractivity contribution in [3.8, 4) is 10.6 Å². The molecule has 0 radical (unpaired) electrons. The summed E-state index contributed by atoms with van der Waals surface area (Å²) in [6.45, 7) is 0.342. The van der Waals surface area contributed by atoms with Gasteiger partial charge in [0, 0.05) is 17.4 Å². The van der Waals surface area contributed by atoms with Crippen LogP contribution < -0.4 is 5.32 Å². The third kappa shape index (κ3) is 4.45. The van der Waals surface area contributed by atoms with Crippen molar-refractivity contribution in [3.05, 3.63) is 87.3 Å². The number of benzene rings is 2. The molecule has 0 saturated carbocycles. The van der Waals surface area contributed by atoms with E-state index in [1.165, 1.54) is 28.2 Å². The number of nitrogens with one attached hydrogen (secondary N) is 1. The van der Waals surface area contributed by atoms with Gasteiger partial charge in [-0.2, -0.15) is 0 Å². The van der Waals surface area contributed by atoms with Gasteiger partial charge in [0.2, 0.25) is 0 Å². The van der Waals surface area contributed by atoms with Crippen molar-refractivity contribution >= 4 is 28.6 Å². The zero-order valence-corrected chi connectivity index (χ0v) is 16.0. The summed E-state index contributed by atoms with van der Waals surface area (Å²) in [7, 11) is 0. The molecule has 2 heterocycles. The van der Waals surface area contributed by atoms with E-state index >= 15 is 0 Å². The van der Waals surface area contributed by atoms with E-state index in [9.17, 15) is 4.79 Å². The van der Waals surface area contributed by atoms with Gasteiger partial charge in [0.05, 0.1) is 11.6 Å². The molecule has 2 aromatic carbocycles. The maximum absolute atomic E-state index is 12.4. The van der Waals surface area contributed by atoms with E-state index in [0.717, 1.165) is 27.0 Å². The number of nitrogens with zero attached hydrogens (tertiary/aromatic N) is 3. The molecule has 4 aromatic rings. The number of aromatic nitrogens is 3. The molecule has 27 heavy (non-hydrogen) atoms. The van der Waals surface area contributed by atoms with Gasteiger partial charge in [-0.3, -0.25) is 4.79 Å². The molecule has 5 nitrogen and oxygen atoms in total. The van der Waals surface area contributed by atoms with Crippen LogP contribution in [0.4, 0.5) is 0 Å². The Morgan fingerprint density at radius 2 is 1.67 bits per heavy atom. The van der Waals surface area contributed by atoms with Crippen LogP contribution in [-0.4, -0.2) is 21.1 Å². The van der Waals surface area contributed by atoms with E-state index in [1.54, 1.807) is 5.38 Å². The molecule has 0 aliphatic heterocycles.